The highest BCUT2D eigenvalue weighted by molar-refractivity contribution is 4.77. The van der Waals surface area contributed by atoms with Crippen molar-refractivity contribution in [2.24, 2.45) is 5.92 Å². The molecule has 1 aliphatic rings. The molecule has 0 aliphatic carbocycles. The molecule has 4 heteroatoms. The fourth-order valence-corrected chi connectivity index (χ4v) is 2.42. The van der Waals surface area contributed by atoms with Crippen LogP contribution in [0.2, 0.25) is 0 Å². The first-order chi connectivity index (χ1) is 8.72. The summed E-state index contributed by atoms with van der Waals surface area (Å²) >= 11 is 0. The van der Waals surface area contributed by atoms with Gasteiger partial charge in [-0.05, 0) is 31.8 Å². The summed E-state index contributed by atoms with van der Waals surface area (Å²) in [6, 6.07) is 0.680. The highest BCUT2D eigenvalue weighted by atomic mass is 16.5. The molecule has 0 unspecified atom stereocenters. The Hall–Kier alpha value is -0.160. The zero-order valence-electron chi connectivity index (χ0n) is 12.3. The third-order valence-electron chi connectivity index (χ3n) is 3.32. The molecule has 1 heterocycles. The molecule has 0 atom stereocenters. The van der Waals surface area contributed by atoms with Crippen LogP contribution in [0, 0.1) is 5.92 Å². The summed E-state index contributed by atoms with van der Waals surface area (Å²) in [6.07, 6.45) is 2.54. The van der Waals surface area contributed by atoms with Crippen LogP contribution in [0.1, 0.15) is 26.7 Å². The first-order valence-electron chi connectivity index (χ1n) is 7.24. The minimum Gasteiger partial charge on any atom is -0.382 e. The minimum absolute atomic E-state index is 0.680. The summed E-state index contributed by atoms with van der Waals surface area (Å²) in [5, 5.41) is 3.58. The molecule has 1 rings (SSSR count). The van der Waals surface area contributed by atoms with Crippen LogP contribution < -0.4 is 5.32 Å². The summed E-state index contributed by atoms with van der Waals surface area (Å²) in [5.74, 6) is 0.781. The van der Waals surface area contributed by atoms with E-state index >= 15 is 0 Å². The van der Waals surface area contributed by atoms with Crippen LogP contribution in [0.15, 0.2) is 0 Å². The Morgan fingerprint density at radius 1 is 1.17 bits per heavy atom. The van der Waals surface area contributed by atoms with Crippen molar-refractivity contribution in [3.63, 3.8) is 0 Å². The lowest BCUT2D eigenvalue weighted by atomic mass is 10.0. The van der Waals surface area contributed by atoms with E-state index in [9.17, 15) is 0 Å². The van der Waals surface area contributed by atoms with Crippen LogP contribution in [0.3, 0.4) is 0 Å². The molecule has 0 saturated carbocycles. The Labute approximate surface area is 112 Å². The summed E-state index contributed by atoms with van der Waals surface area (Å²) in [5.41, 5.74) is 0. The average Bonchev–Trinajstić information content (AvgIpc) is 2.35. The smallest absolute Gasteiger partial charge is 0.0700 e. The van der Waals surface area contributed by atoms with E-state index in [0.29, 0.717) is 19.3 Å². The molecule has 1 saturated heterocycles. The highest BCUT2D eigenvalue weighted by Crippen LogP contribution is 2.11. The highest BCUT2D eigenvalue weighted by Gasteiger charge is 2.18. The van der Waals surface area contributed by atoms with E-state index in [4.69, 9.17) is 9.47 Å². The van der Waals surface area contributed by atoms with Crippen molar-refractivity contribution in [1.82, 2.24) is 10.2 Å². The third kappa shape index (κ3) is 7.31. The molecule has 0 aromatic heterocycles. The second-order valence-corrected chi connectivity index (χ2v) is 5.53. The standard InChI is InChI=1S/C14H30N2O2/c1-13(2)12-16-7-4-14(5-8-16)15-6-9-18-11-10-17-3/h13-15H,4-12H2,1-3H3. The van der Waals surface area contributed by atoms with Gasteiger partial charge in [0.1, 0.15) is 0 Å². The molecule has 0 aromatic rings. The Bertz CT molecular complexity index is 192. The molecular formula is C14H30N2O2. The SMILES string of the molecule is COCCOCCNC1CCN(CC(C)C)CC1. The fourth-order valence-electron chi connectivity index (χ4n) is 2.42. The van der Waals surface area contributed by atoms with Crippen LogP contribution in [-0.4, -0.2) is 64.1 Å². The number of ether oxygens (including phenoxy) is 2. The van der Waals surface area contributed by atoms with E-state index in [1.54, 1.807) is 7.11 Å². The van der Waals surface area contributed by atoms with Crippen LogP contribution in [0.5, 0.6) is 0 Å². The van der Waals surface area contributed by atoms with Gasteiger partial charge in [-0.15, -0.1) is 0 Å². The molecule has 1 N–H and O–H groups in total. The number of methoxy groups -OCH3 is 1. The Balaban J connectivity index is 1.95. The minimum atomic E-state index is 0.680. The van der Waals surface area contributed by atoms with Crippen LogP contribution in [0.25, 0.3) is 0 Å². The number of nitrogens with zero attached hydrogens (tertiary/aromatic N) is 1. The van der Waals surface area contributed by atoms with Gasteiger partial charge in [-0.1, -0.05) is 13.8 Å². The quantitative estimate of drug-likeness (QED) is 0.633. The van der Waals surface area contributed by atoms with E-state index in [2.05, 4.69) is 24.1 Å². The predicted octanol–water partition coefficient (Wildman–Crippen LogP) is 1.36. The molecule has 1 fully saturated rings. The number of nitrogens with one attached hydrogen (secondary N) is 1. The second kappa shape index (κ2) is 9.73. The summed E-state index contributed by atoms with van der Waals surface area (Å²) in [6.45, 7) is 11.4. The van der Waals surface area contributed by atoms with Crippen molar-refractivity contribution in [3.8, 4) is 0 Å². The number of hydrogen-bond acceptors (Lipinski definition) is 4. The topological polar surface area (TPSA) is 33.7 Å². The Morgan fingerprint density at radius 3 is 2.50 bits per heavy atom. The molecule has 0 amide bonds. The van der Waals surface area contributed by atoms with Crippen LogP contribution in [-0.2, 0) is 9.47 Å². The number of likely N-dealkylation sites (tertiary alicyclic amines) is 1. The van der Waals surface area contributed by atoms with Crippen molar-refractivity contribution in [1.29, 1.82) is 0 Å². The molecular weight excluding hydrogens is 228 g/mol. The van der Waals surface area contributed by atoms with Crippen LogP contribution >= 0.6 is 0 Å². The van der Waals surface area contributed by atoms with E-state index in [0.717, 1.165) is 19.1 Å². The molecule has 0 bridgehead atoms. The van der Waals surface area contributed by atoms with Gasteiger partial charge in [-0.25, -0.2) is 0 Å². The van der Waals surface area contributed by atoms with E-state index in [1.165, 1.54) is 32.5 Å². The molecule has 108 valence electrons. The molecule has 18 heavy (non-hydrogen) atoms. The van der Waals surface area contributed by atoms with E-state index < -0.39 is 0 Å². The maximum atomic E-state index is 5.44. The lowest BCUT2D eigenvalue weighted by Gasteiger charge is -2.33. The first-order valence-corrected chi connectivity index (χ1v) is 7.24. The van der Waals surface area contributed by atoms with Gasteiger partial charge in [-0.3, -0.25) is 0 Å². The van der Waals surface area contributed by atoms with Crippen molar-refractivity contribution in [2.75, 3.05) is 53.1 Å². The lowest BCUT2D eigenvalue weighted by molar-refractivity contribution is 0.0696. The number of piperidine rings is 1. The van der Waals surface area contributed by atoms with Crippen molar-refractivity contribution < 1.29 is 9.47 Å². The van der Waals surface area contributed by atoms with Gasteiger partial charge >= 0.3 is 0 Å². The van der Waals surface area contributed by atoms with Gasteiger partial charge in [0.05, 0.1) is 19.8 Å². The monoisotopic (exact) mass is 258 g/mol. The molecule has 1 aliphatic heterocycles. The normalized spacial score (nSPS) is 18.7. The van der Waals surface area contributed by atoms with Crippen molar-refractivity contribution in [2.45, 2.75) is 32.7 Å². The molecule has 4 nitrogen and oxygen atoms in total. The second-order valence-electron chi connectivity index (χ2n) is 5.53. The van der Waals surface area contributed by atoms with Gasteiger partial charge in [-0.2, -0.15) is 0 Å². The van der Waals surface area contributed by atoms with Crippen LogP contribution in [0.4, 0.5) is 0 Å². The summed E-state index contributed by atoms with van der Waals surface area (Å²) in [7, 11) is 1.70. The van der Waals surface area contributed by atoms with Gasteiger partial charge in [0.2, 0.25) is 0 Å². The zero-order chi connectivity index (χ0) is 13.2. The van der Waals surface area contributed by atoms with Crippen molar-refractivity contribution >= 4 is 0 Å². The zero-order valence-corrected chi connectivity index (χ0v) is 12.3. The molecule has 0 radical (unpaired) electrons. The van der Waals surface area contributed by atoms with Gasteiger partial charge in [0.15, 0.2) is 0 Å². The first kappa shape index (κ1) is 15.9. The number of rotatable bonds is 9. The lowest BCUT2D eigenvalue weighted by Crippen LogP contribution is -2.44. The molecule has 0 aromatic carbocycles. The maximum absolute atomic E-state index is 5.44. The fraction of sp³-hybridized carbons (Fsp3) is 1.00. The predicted molar refractivity (Wildman–Crippen MR) is 75.0 cm³/mol. The van der Waals surface area contributed by atoms with E-state index in [-0.39, 0.29) is 0 Å². The van der Waals surface area contributed by atoms with Gasteiger partial charge in [0, 0.05) is 26.2 Å². The summed E-state index contributed by atoms with van der Waals surface area (Å²) < 4.78 is 10.4. The van der Waals surface area contributed by atoms with Crippen molar-refractivity contribution in [3.05, 3.63) is 0 Å². The summed E-state index contributed by atoms with van der Waals surface area (Å²) in [4.78, 5) is 2.58. The van der Waals surface area contributed by atoms with E-state index in [1.807, 2.05) is 0 Å². The third-order valence-corrected chi connectivity index (χ3v) is 3.32. The molecule has 0 spiro atoms. The Kier molecular flexibility index (Phi) is 8.59. The maximum Gasteiger partial charge on any atom is 0.0700 e. The number of hydrogen-bond donors (Lipinski definition) is 1. The van der Waals surface area contributed by atoms with Gasteiger partial charge < -0.3 is 19.7 Å². The van der Waals surface area contributed by atoms with Gasteiger partial charge in [0.25, 0.3) is 0 Å². The average molecular weight is 258 g/mol. The largest absolute Gasteiger partial charge is 0.382 e. The Morgan fingerprint density at radius 2 is 1.89 bits per heavy atom.